The Morgan fingerprint density at radius 3 is 1.71 bits per heavy atom. The van der Waals surface area contributed by atoms with Crippen LogP contribution in [0, 0.1) is 20.8 Å². The van der Waals surface area contributed by atoms with Gasteiger partial charge in [0.2, 0.25) is 0 Å². The molecule has 0 heterocycles. The van der Waals surface area contributed by atoms with E-state index >= 15 is 0 Å². The molecule has 0 fully saturated rings. The van der Waals surface area contributed by atoms with Gasteiger partial charge in [0, 0.05) is 13.2 Å². The maximum Gasteiger partial charge on any atom is 0.121 e. The molecule has 3 nitrogen and oxygen atoms in total. The second kappa shape index (κ2) is 14.2. The maximum absolute atomic E-state index is 9.40. The number of aryl methyl sites for hydroxylation is 1. The van der Waals surface area contributed by atoms with Crippen LogP contribution >= 0.6 is 0 Å². The van der Waals surface area contributed by atoms with Gasteiger partial charge in [0.25, 0.3) is 0 Å². The lowest BCUT2D eigenvalue weighted by molar-refractivity contribution is 0.126. The van der Waals surface area contributed by atoms with Gasteiger partial charge < -0.3 is 14.9 Å². The standard InChI is InChI=1S/C12H26O.C9H12O2/c1-3-5-7-9-11-13-12-10-8-6-4-2;1-5-4-8(10)6(2)7(3)9(5)11/h3-12H2,1-2H3;4,10-11H,1-3H3. The Balaban J connectivity index is 0.000000446. The van der Waals surface area contributed by atoms with Crippen LogP contribution in [0.3, 0.4) is 0 Å². The molecule has 0 unspecified atom stereocenters. The summed E-state index contributed by atoms with van der Waals surface area (Å²) in [7, 11) is 0. The van der Waals surface area contributed by atoms with Gasteiger partial charge in [-0.3, -0.25) is 0 Å². The van der Waals surface area contributed by atoms with Crippen LogP contribution in [0.1, 0.15) is 81.9 Å². The predicted octanol–water partition coefficient (Wildman–Crippen LogP) is 6.19. The van der Waals surface area contributed by atoms with Crippen molar-refractivity contribution in [2.75, 3.05) is 13.2 Å². The Hall–Kier alpha value is -1.22. The van der Waals surface area contributed by atoms with Crippen molar-refractivity contribution >= 4 is 0 Å². The lowest BCUT2D eigenvalue weighted by atomic mass is 10.0. The van der Waals surface area contributed by atoms with Gasteiger partial charge in [-0.05, 0) is 56.4 Å². The number of benzene rings is 1. The van der Waals surface area contributed by atoms with Crippen LogP contribution in [0.5, 0.6) is 11.5 Å². The summed E-state index contributed by atoms with van der Waals surface area (Å²) in [6, 6.07) is 1.57. The summed E-state index contributed by atoms with van der Waals surface area (Å²) in [4.78, 5) is 0. The minimum atomic E-state index is 0.248. The van der Waals surface area contributed by atoms with Crippen molar-refractivity contribution in [2.24, 2.45) is 0 Å². The quantitative estimate of drug-likeness (QED) is 0.395. The molecule has 0 spiro atoms. The predicted molar refractivity (Wildman–Crippen MR) is 103 cm³/mol. The summed E-state index contributed by atoms with van der Waals surface area (Å²) < 4.78 is 5.53. The lowest BCUT2D eigenvalue weighted by Gasteiger charge is -2.07. The molecule has 0 bridgehead atoms. The number of rotatable bonds is 10. The third-order valence-electron chi connectivity index (χ3n) is 4.31. The molecule has 0 aliphatic carbocycles. The normalized spacial score (nSPS) is 10.4. The van der Waals surface area contributed by atoms with Crippen LogP contribution in [0.25, 0.3) is 0 Å². The fourth-order valence-electron chi connectivity index (χ4n) is 2.41. The van der Waals surface area contributed by atoms with E-state index in [0.29, 0.717) is 5.56 Å². The van der Waals surface area contributed by atoms with E-state index in [1.165, 1.54) is 51.4 Å². The highest BCUT2D eigenvalue weighted by Gasteiger charge is 2.06. The molecule has 140 valence electrons. The zero-order chi connectivity index (χ0) is 18.4. The highest BCUT2D eigenvalue weighted by atomic mass is 16.5. The highest BCUT2D eigenvalue weighted by molar-refractivity contribution is 5.50. The van der Waals surface area contributed by atoms with Crippen LogP contribution in [0.2, 0.25) is 0 Å². The average molecular weight is 339 g/mol. The Labute approximate surface area is 149 Å². The van der Waals surface area contributed by atoms with E-state index in [0.717, 1.165) is 24.3 Å². The van der Waals surface area contributed by atoms with E-state index < -0.39 is 0 Å². The molecule has 0 aliphatic rings. The molecule has 0 aliphatic heterocycles. The molecule has 24 heavy (non-hydrogen) atoms. The van der Waals surface area contributed by atoms with E-state index in [1.807, 2.05) is 0 Å². The summed E-state index contributed by atoms with van der Waals surface area (Å²) >= 11 is 0. The Bertz CT molecular complexity index is 405. The first-order valence-corrected chi connectivity index (χ1v) is 9.52. The average Bonchev–Trinajstić information content (AvgIpc) is 2.57. The summed E-state index contributed by atoms with van der Waals surface area (Å²) in [5.74, 6) is 0.526. The van der Waals surface area contributed by atoms with Crippen LogP contribution < -0.4 is 0 Å². The van der Waals surface area contributed by atoms with Crippen LogP contribution in [-0.4, -0.2) is 23.4 Å². The van der Waals surface area contributed by atoms with Crippen molar-refractivity contribution in [3.05, 3.63) is 22.8 Å². The second-order valence-electron chi connectivity index (χ2n) is 6.54. The van der Waals surface area contributed by atoms with Crippen molar-refractivity contribution in [1.29, 1.82) is 0 Å². The number of phenols is 2. The van der Waals surface area contributed by atoms with Gasteiger partial charge >= 0.3 is 0 Å². The SMILES string of the molecule is CCCCCCOCCCCCC.Cc1cc(O)c(C)c(C)c1O. The van der Waals surface area contributed by atoms with Gasteiger partial charge in [-0.25, -0.2) is 0 Å². The molecule has 0 aromatic heterocycles. The minimum Gasteiger partial charge on any atom is -0.508 e. The van der Waals surface area contributed by atoms with Gasteiger partial charge in [-0.1, -0.05) is 52.4 Å². The number of phenolic OH excluding ortho intramolecular Hbond substituents is 2. The fraction of sp³-hybridized carbons (Fsp3) is 0.714. The zero-order valence-corrected chi connectivity index (χ0v) is 16.5. The molecule has 0 amide bonds. The molecule has 0 saturated heterocycles. The highest BCUT2D eigenvalue weighted by Crippen LogP contribution is 2.30. The van der Waals surface area contributed by atoms with E-state index in [-0.39, 0.29) is 11.5 Å². The molecule has 1 aromatic rings. The number of hydrogen-bond donors (Lipinski definition) is 2. The third-order valence-corrected chi connectivity index (χ3v) is 4.31. The monoisotopic (exact) mass is 338 g/mol. The Kier molecular flexibility index (Phi) is 13.4. The van der Waals surface area contributed by atoms with Gasteiger partial charge in [0.1, 0.15) is 11.5 Å². The molecule has 0 atom stereocenters. The largest absolute Gasteiger partial charge is 0.508 e. The first-order chi connectivity index (χ1) is 11.5. The second-order valence-corrected chi connectivity index (χ2v) is 6.54. The molecule has 0 radical (unpaired) electrons. The summed E-state index contributed by atoms with van der Waals surface area (Å²) in [6.07, 6.45) is 10.5. The van der Waals surface area contributed by atoms with Gasteiger partial charge in [0.15, 0.2) is 0 Å². The fourth-order valence-corrected chi connectivity index (χ4v) is 2.41. The van der Waals surface area contributed by atoms with Crippen molar-refractivity contribution in [3.63, 3.8) is 0 Å². The molecule has 3 heteroatoms. The first kappa shape index (κ1) is 22.8. The smallest absolute Gasteiger partial charge is 0.121 e. The Morgan fingerprint density at radius 1 is 0.750 bits per heavy atom. The molecule has 1 aromatic carbocycles. The Morgan fingerprint density at radius 2 is 1.25 bits per heavy atom. The summed E-state index contributed by atoms with van der Waals surface area (Å²) in [5.41, 5.74) is 2.21. The lowest BCUT2D eigenvalue weighted by Crippen LogP contribution is -1.96. The van der Waals surface area contributed by atoms with Crippen LogP contribution in [0.4, 0.5) is 0 Å². The topological polar surface area (TPSA) is 49.7 Å². The van der Waals surface area contributed by atoms with Crippen molar-refractivity contribution in [3.8, 4) is 11.5 Å². The van der Waals surface area contributed by atoms with Gasteiger partial charge in [-0.2, -0.15) is 0 Å². The molecule has 0 saturated carbocycles. The summed E-state index contributed by atoms with van der Waals surface area (Å²) in [5, 5.41) is 18.7. The van der Waals surface area contributed by atoms with Crippen molar-refractivity contribution in [2.45, 2.75) is 86.0 Å². The van der Waals surface area contributed by atoms with Gasteiger partial charge in [-0.15, -0.1) is 0 Å². The van der Waals surface area contributed by atoms with Crippen LogP contribution in [0.15, 0.2) is 6.07 Å². The zero-order valence-electron chi connectivity index (χ0n) is 16.5. The maximum atomic E-state index is 9.40. The van der Waals surface area contributed by atoms with Gasteiger partial charge in [0.05, 0.1) is 0 Å². The number of aromatic hydroxyl groups is 2. The molecular formula is C21H38O3. The van der Waals surface area contributed by atoms with Crippen molar-refractivity contribution < 1.29 is 14.9 Å². The van der Waals surface area contributed by atoms with Crippen molar-refractivity contribution in [1.82, 2.24) is 0 Å². The first-order valence-electron chi connectivity index (χ1n) is 9.52. The molecule has 2 N–H and O–H groups in total. The van der Waals surface area contributed by atoms with E-state index in [4.69, 9.17) is 4.74 Å². The number of unbranched alkanes of at least 4 members (excludes halogenated alkanes) is 6. The number of hydrogen-bond acceptors (Lipinski definition) is 3. The molecular weight excluding hydrogens is 300 g/mol. The van der Waals surface area contributed by atoms with E-state index in [2.05, 4.69) is 13.8 Å². The number of ether oxygens (including phenoxy) is 1. The van der Waals surface area contributed by atoms with E-state index in [9.17, 15) is 10.2 Å². The van der Waals surface area contributed by atoms with E-state index in [1.54, 1.807) is 26.8 Å². The van der Waals surface area contributed by atoms with Crippen LogP contribution in [-0.2, 0) is 4.74 Å². The summed E-state index contributed by atoms with van der Waals surface area (Å²) in [6.45, 7) is 11.8. The third kappa shape index (κ3) is 9.82. The minimum absolute atomic E-state index is 0.248. The molecule has 1 rings (SSSR count).